The largest absolute Gasteiger partial charge is 0.473 e. The van der Waals surface area contributed by atoms with Gasteiger partial charge >= 0.3 is 0 Å². The Morgan fingerprint density at radius 2 is 2.00 bits per heavy atom. The minimum absolute atomic E-state index is 0.0833. The molecule has 1 saturated heterocycles. The number of hydrogen-bond donors (Lipinski definition) is 3. The molecule has 1 fully saturated rings. The second-order valence-corrected chi connectivity index (χ2v) is 9.45. The van der Waals surface area contributed by atoms with Gasteiger partial charge in [-0.2, -0.15) is 15.1 Å². The first-order chi connectivity index (χ1) is 17.5. The lowest BCUT2D eigenvalue weighted by Crippen LogP contribution is -2.38. The average molecular weight is 489 g/mol. The van der Waals surface area contributed by atoms with E-state index >= 15 is 0 Å². The van der Waals surface area contributed by atoms with E-state index in [2.05, 4.69) is 61.8 Å². The quantitative estimate of drug-likeness (QED) is 0.305. The van der Waals surface area contributed by atoms with Gasteiger partial charge in [0.05, 0.1) is 6.54 Å². The number of aromatic amines is 1. The highest BCUT2D eigenvalue weighted by Gasteiger charge is 2.20. The van der Waals surface area contributed by atoms with Gasteiger partial charge < -0.3 is 24.8 Å². The molecule has 4 aromatic rings. The first-order valence-electron chi connectivity index (χ1n) is 12.3. The van der Waals surface area contributed by atoms with E-state index in [-0.39, 0.29) is 6.10 Å². The van der Waals surface area contributed by atoms with Crippen LogP contribution in [0.4, 0.5) is 17.6 Å². The topological polar surface area (TPSA) is 117 Å². The molecule has 10 heteroatoms. The Morgan fingerprint density at radius 1 is 1.14 bits per heavy atom. The zero-order chi connectivity index (χ0) is 24.9. The molecule has 4 heterocycles. The van der Waals surface area contributed by atoms with Crippen LogP contribution in [0.1, 0.15) is 44.1 Å². The van der Waals surface area contributed by atoms with Gasteiger partial charge in [0.15, 0.2) is 11.6 Å². The highest BCUT2D eigenvalue weighted by molar-refractivity contribution is 5.59. The number of benzene rings is 1. The molecule has 0 radical (unpaired) electrons. The fourth-order valence-corrected chi connectivity index (χ4v) is 4.15. The van der Waals surface area contributed by atoms with Gasteiger partial charge in [-0.05, 0) is 32.4 Å². The molecule has 1 aliphatic rings. The molecule has 1 aromatic carbocycles. The maximum absolute atomic E-state index is 6.27. The van der Waals surface area contributed by atoms with Crippen LogP contribution in [-0.4, -0.2) is 56.5 Å². The summed E-state index contributed by atoms with van der Waals surface area (Å²) in [6.45, 7) is 6.57. The standard InChI is InChI=1S/C26H32N8O2/c1-17(2)21-13-24(32-31-21)28-23-14-25(35-19-10-7-11-34(3)16-19)30-26(29-23)27-15-20-12-22(33-36-20)18-8-5-4-6-9-18/h4-6,8-9,12-14,17,19H,7,10-11,15-16H2,1-3H3,(H3,27,28,29,30,31,32). The summed E-state index contributed by atoms with van der Waals surface area (Å²) in [7, 11) is 2.11. The van der Waals surface area contributed by atoms with Crippen LogP contribution in [0.2, 0.25) is 0 Å². The van der Waals surface area contributed by atoms with E-state index in [9.17, 15) is 0 Å². The second kappa shape index (κ2) is 10.8. The third-order valence-corrected chi connectivity index (χ3v) is 6.10. The molecular formula is C26H32N8O2. The summed E-state index contributed by atoms with van der Waals surface area (Å²) >= 11 is 0. The summed E-state index contributed by atoms with van der Waals surface area (Å²) in [5.74, 6) is 3.25. The smallest absolute Gasteiger partial charge is 0.228 e. The van der Waals surface area contributed by atoms with Crippen molar-refractivity contribution >= 4 is 17.6 Å². The molecule has 0 amide bonds. The first kappa shape index (κ1) is 23.8. The molecule has 0 spiro atoms. The molecule has 3 aromatic heterocycles. The molecule has 0 aliphatic carbocycles. The van der Waals surface area contributed by atoms with Gasteiger partial charge in [0.2, 0.25) is 11.8 Å². The fourth-order valence-electron chi connectivity index (χ4n) is 4.15. The number of rotatable bonds is 9. The van der Waals surface area contributed by atoms with Gasteiger partial charge in [0.1, 0.15) is 17.6 Å². The Labute approximate surface area is 210 Å². The molecular weight excluding hydrogens is 456 g/mol. The number of anilines is 3. The van der Waals surface area contributed by atoms with Crippen LogP contribution in [0.15, 0.2) is 53.1 Å². The maximum Gasteiger partial charge on any atom is 0.228 e. The van der Waals surface area contributed by atoms with Crippen molar-refractivity contribution < 1.29 is 9.26 Å². The van der Waals surface area contributed by atoms with Crippen LogP contribution in [0, 0.1) is 0 Å². The summed E-state index contributed by atoms with van der Waals surface area (Å²) in [5.41, 5.74) is 2.84. The Kier molecular flexibility index (Phi) is 7.13. The van der Waals surface area contributed by atoms with Gasteiger partial charge in [-0.25, -0.2) is 0 Å². The SMILES string of the molecule is CC(C)c1cc(Nc2cc(OC3CCCN(C)C3)nc(NCc3cc(-c4ccccc4)no3)n2)n[nH]1. The van der Waals surface area contributed by atoms with Crippen LogP contribution in [0.3, 0.4) is 0 Å². The zero-order valence-electron chi connectivity index (χ0n) is 20.9. The molecule has 188 valence electrons. The number of nitrogens with one attached hydrogen (secondary N) is 3. The second-order valence-electron chi connectivity index (χ2n) is 9.45. The number of likely N-dealkylation sites (tertiary alicyclic amines) is 1. The Balaban J connectivity index is 1.33. The zero-order valence-corrected chi connectivity index (χ0v) is 20.9. The number of likely N-dealkylation sites (N-methyl/N-ethyl adjacent to an activating group) is 1. The molecule has 3 N–H and O–H groups in total. The molecule has 5 rings (SSSR count). The van der Waals surface area contributed by atoms with Gasteiger partial charge in [-0.15, -0.1) is 0 Å². The molecule has 36 heavy (non-hydrogen) atoms. The van der Waals surface area contributed by atoms with Crippen LogP contribution in [0.5, 0.6) is 5.88 Å². The van der Waals surface area contributed by atoms with Gasteiger partial charge in [-0.1, -0.05) is 49.3 Å². The maximum atomic E-state index is 6.27. The molecule has 0 saturated carbocycles. The van der Waals surface area contributed by atoms with Crippen molar-refractivity contribution in [2.45, 2.75) is 45.3 Å². The van der Waals surface area contributed by atoms with E-state index in [1.165, 1.54) is 0 Å². The van der Waals surface area contributed by atoms with Crippen molar-refractivity contribution in [1.82, 2.24) is 30.2 Å². The van der Waals surface area contributed by atoms with Gasteiger partial charge in [0.25, 0.3) is 0 Å². The minimum Gasteiger partial charge on any atom is -0.473 e. The predicted molar refractivity (Wildman–Crippen MR) is 138 cm³/mol. The van der Waals surface area contributed by atoms with E-state index in [4.69, 9.17) is 9.26 Å². The summed E-state index contributed by atoms with van der Waals surface area (Å²) in [6.07, 6.45) is 2.18. The minimum atomic E-state index is 0.0833. The van der Waals surface area contributed by atoms with Crippen LogP contribution >= 0.6 is 0 Å². The van der Waals surface area contributed by atoms with Gasteiger partial charge in [-0.3, -0.25) is 5.10 Å². The normalized spacial score (nSPS) is 16.3. The van der Waals surface area contributed by atoms with E-state index in [0.29, 0.717) is 41.7 Å². The molecule has 1 aliphatic heterocycles. The van der Waals surface area contributed by atoms with Crippen molar-refractivity contribution in [2.24, 2.45) is 0 Å². The van der Waals surface area contributed by atoms with Crippen LogP contribution in [-0.2, 0) is 6.54 Å². The summed E-state index contributed by atoms with van der Waals surface area (Å²) in [4.78, 5) is 11.5. The third kappa shape index (κ3) is 6.01. The van der Waals surface area contributed by atoms with Crippen molar-refractivity contribution in [3.8, 4) is 17.1 Å². The highest BCUT2D eigenvalue weighted by Crippen LogP contribution is 2.25. The van der Waals surface area contributed by atoms with E-state index in [0.717, 1.165) is 42.9 Å². The third-order valence-electron chi connectivity index (χ3n) is 6.10. The van der Waals surface area contributed by atoms with Crippen molar-refractivity contribution in [2.75, 3.05) is 30.8 Å². The van der Waals surface area contributed by atoms with Gasteiger partial charge in [0, 0.05) is 36.0 Å². The molecule has 1 atom stereocenters. The van der Waals surface area contributed by atoms with Crippen molar-refractivity contribution in [3.63, 3.8) is 0 Å². The number of nitrogens with zero attached hydrogens (tertiary/aromatic N) is 5. The number of H-pyrrole nitrogens is 1. The number of piperidine rings is 1. The number of ether oxygens (including phenoxy) is 1. The summed E-state index contributed by atoms with van der Waals surface area (Å²) in [5, 5.41) is 18.1. The monoisotopic (exact) mass is 488 g/mol. The van der Waals surface area contributed by atoms with Crippen molar-refractivity contribution in [3.05, 3.63) is 60.0 Å². The van der Waals surface area contributed by atoms with Crippen LogP contribution < -0.4 is 15.4 Å². The lowest BCUT2D eigenvalue weighted by molar-refractivity contribution is 0.100. The lowest BCUT2D eigenvalue weighted by Gasteiger charge is -2.29. The van der Waals surface area contributed by atoms with E-state index in [1.54, 1.807) is 0 Å². The average Bonchev–Trinajstić information content (AvgIpc) is 3.53. The molecule has 1 unspecified atom stereocenters. The molecule has 10 nitrogen and oxygen atoms in total. The first-order valence-corrected chi connectivity index (χ1v) is 12.3. The van der Waals surface area contributed by atoms with E-state index in [1.807, 2.05) is 48.5 Å². The van der Waals surface area contributed by atoms with Crippen molar-refractivity contribution in [1.29, 1.82) is 0 Å². The Hall–Kier alpha value is -3.92. The summed E-state index contributed by atoms with van der Waals surface area (Å²) in [6, 6.07) is 15.6. The van der Waals surface area contributed by atoms with Crippen LogP contribution in [0.25, 0.3) is 11.3 Å². The lowest BCUT2D eigenvalue weighted by atomic mass is 10.1. The Bertz CT molecular complexity index is 1270. The summed E-state index contributed by atoms with van der Waals surface area (Å²) < 4.78 is 11.8. The fraction of sp³-hybridized carbons (Fsp3) is 0.385. The Morgan fingerprint density at radius 3 is 2.78 bits per heavy atom. The molecule has 0 bridgehead atoms. The number of aromatic nitrogens is 5. The highest BCUT2D eigenvalue weighted by atomic mass is 16.5. The van der Waals surface area contributed by atoms with E-state index < -0.39 is 0 Å². The predicted octanol–water partition coefficient (Wildman–Crippen LogP) is 4.81. The number of hydrogen-bond acceptors (Lipinski definition) is 9.